The van der Waals surface area contributed by atoms with E-state index < -0.39 is 0 Å². The fourth-order valence-corrected chi connectivity index (χ4v) is 2.99. The number of rotatable bonds is 4. The molecule has 0 bridgehead atoms. The van der Waals surface area contributed by atoms with Crippen molar-refractivity contribution in [3.05, 3.63) is 33.9 Å². The number of amides is 1. The number of nitrogens with one attached hydrogen (secondary N) is 2. The highest BCUT2D eigenvalue weighted by Crippen LogP contribution is 2.18. The lowest BCUT2D eigenvalue weighted by molar-refractivity contribution is 0.0928. The molecule has 1 aliphatic heterocycles. The van der Waals surface area contributed by atoms with Gasteiger partial charge in [0.15, 0.2) is 0 Å². The van der Waals surface area contributed by atoms with E-state index in [1.165, 1.54) is 13.2 Å². The first-order valence-electron chi connectivity index (χ1n) is 8.17. The summed E-state index contributed by atoms with van der Waals surface area (Å²) in [6, 6.07) is 1.53. The summed E-state index contributed by atoms with van der Waals surface area (Å²) in [5, 5.41) is 7.12. The minimum absolute atomic E-state index is 0.0604. The van der Waals surface area contributed by atoms with Crippen molar-refractivity contribution in [2.45, 2.75) is 25.8 Å². The van der Waals surface area contributed by atoms with E-state index >= 15 is 0 Å². The van der Waals surface area contributed by atoms with Crippen LogP contribution in [0.1, 0.15) is 28.9 Å². The van der Waals surface area contributed by atoms with E-state index in [1.54, 1.807) is 24.9 Å². The molecular formula is C16H22N6O3. The molecule has 0 spiro atoms. The van der Waals surface area contributed by atoms with E-state index in [4.69, 9.17) is 4.74 Å². The maximum Gasteiger partial charge on any atom is 0.258 e. The maximum absolute atomic E-state index is 12.4. The number of carbonyl (C=O) groups is 1. The van der Waals surface area contributed by atoms with E-state index in [-0.39, 0.29) is 17.5 Å². The van der Waals surface area contributed by atoms with Gasteiger partial charge < -0.3 is 15.0 Å². The fraction of sp³-hybridized carbons (Fsp3) is 0.500. The number of H-pyrrole nitrogens is 1. The van der Waals surface area contributed by atoms with Crippen LogP contribution >= 0.6 is 0 Å². The van der Waals surface area contributed by atoms with Crippen molar-refractivity contribution in [3.63, 3.8) is 0 Å². The van der Waals surface area contributed by atoms with Crippen LogP contribution in [-0.2, 0) is 7.05 Å². The molecule has 1 fully saturated rings. The second kappa shape index (κ2) is 6.96. The van der Waals surface area contributed by atoms with E-state index in [0.717, 1.165) is 12.8 Å². The van der Waals surface area contributed by atoms with Gasteiger partial charge in [0.1, 0.15) is 5.56 Å². The summed E-state index contributed by atoms with van der Waals surface area (Å²) in [5.41, 5.74) is 0.969. The topological polar surface area (TPSA) is 105 Å². The molecule has 9 nitrogen and oxygen atoms in total. The van der Waals surface area contributed by atoms with E-state index in [0.29, 0.717) is 36.2 Å². The van der Waals surface area contributed by atoms with E-state index in [1.807, 2.05) is 4.90 Å². The highest BCUT2D eigenvalue weighted by molar-refractivity contribution is 5.96. The number of hydrogen-bond donors (Lipinski definition) is 2. The standard InChI is InChI=1S/C16H22N6O3/c1-10-8-13(23)19-16(17-10)22-6-4-11(5-7-22)18-14(24)12-9-21(2)20-15(12)25-3/h8-9,11H,4-7H2,1-3H3,(H,18,24)(H,17,19,23). The molecule has 1 aliphatic rings. The summed E-state index contributed by atoms with van der Waals surface area (Å²) in [4.78, 5) is 33.2. The van der Waals surface area contributed by atoms with Gasteiger partial charge in [-0.1, -0.05) is 0 Å². The average molecular weight is 346 g/mol. The number of ether oxygens (including phenoxy) is 1. The molecule has 2 aromatic rings. The van der Waals surface area contributed by atoms with Gasteiger partial charge in [0.05, 0.1) is 7.11 Å². The van der Waals surface area contributed by atoms with Crippen LogP contribution in [0.3, 0.4) is 0 Å². The van der Waals surface area contributed by atoms with Gasteiger partial charge in [-0.05, 0) is 19.8 Å². The summed E-state index contributed by atoms with van der Waals surface area (Å²) >= 11 is 0. The summed E-state index contributed by atoms with van der Waals surface area (Å²) in [6.07, 6.45) is 3.18. The van der Waals surface area contributed by atoms with Gasteiger partial charge in [-0.3, -0.25) is 19.3 Å². The first-order valence-corrected chi connectivity index (χ1v) is 8.17. The van der Waals surface area contributed by atoms with Gasteiger partial charge in [0.25, 0.3) is 11.5 Å². The Morgan fingerprint density at radius 2 is 2.12 bits per heavy atom. The summed E-state index contributed by atoms with van der Waals surface area (Å²) in [6.45, 7) is 3.22. The minimum atomic E-state index is -0.189. The second-order valence-electron chi connectivity index (χ2n) is 6.17. The number of carbonyl (C=O) groups excluding carboxylic acids is 1. The van der Waals surface area contributed by atoms with Crippen LogP contribution in [0, 0.1) is 6.92 Å². The monoisotopic (exact) mass is 346 g/mol. The van der Waals surface area contributed by atoms with Crippen molar-refractivity contribution < 1.29 is 9.53 Å². The normalized spacial score (nSPS) is 15.2. The molecule has 2 N–H and O–H groups in total. The third-order valence-corrected chi connectivity index (χ3v) is 4.22. The van der Waals surface area contributed by atoms with Crippen molar-refractivity contribution in [2.24, 2.45) is 7.05 Å². The van der Waals surface area contributed by atoms with Gasteiger partial charge in [0.2, 0.25) is 11.8 Å². The number of aromatic nitrogens is 4. The van der Waals surface area contributed by atoms with Gasteiger partial charge in [-0.2, -0.15) is 0 Å². The van der Waals surface area contributed by atoms with Crippen LogP contribution in [0.2, 0.25) is 0 Å². The van der Waals surface area contributed by atoms with Crippen molar-refractivity contribution in [1.82, 2.24) is 25.1 Å². The molecule has 3 rings (SSSR count). The molecule has 0 unspecified atom stereocenters. The van der Waals surface area contributed by atoms with Crippen molar-refractivity contribution in [3.8, 4) is 5.88 Å². The van der Waals surface area contributed by atoms with Crippen LogP contribution < -0.4 is 20.5 Å². The molecule has 0 aromatic carbocycles. The van der Waals surface area contributed by atoms with E-state index in [2.05, 4.69) is 20.4 Å². The van der Waals surface area contributed by atoms with Crippen LogP contribution in [0.25, 0.3) is 0 Å². The molecule has 0 atom stereocenters. The summed E-state index contributed by atoms with van der Waals surface area (Å²) < 4.78 is 6.68. The molecule has 0 saturated carbocycles. The number of nitrogens with zero attached hydrogens (tertiary/aromatic N) is 4. The molecule has 2 aromatic heterocycles. The first kappa shape index (κ1) is 17.0. The molecule has 25 heavy (non-hydrogen) atoms. The number of hydrogen-bond acceptors (Lipinski definition) is 6. The Kier molecular flexibility index (Phi) is 4.73. The van der Waals surface area contributed by atoms with Crippen molar-refractivity contribution >= 4 is 11.9 Å². The predicted octanol–water partition coefficient (Wildman–Crippen LogP) is 0.219. The Labute approximate surface area is 145 Å². The van der Waals surface area contributed by atoms with Crippen molar-refractivity contribution in [1.29, 1.82) is 0 Å². The second-order valence-corrected chi connectivity index (χ2v) is 6.17. The molecule has 1 saturated heterocycles. The largest absolute Gasteiger partial charge is 0.479 e. The van der Waals surface area contributed by atoms with Crippen LogP contribution in [0.4, 0.5) is 5.95 Å². The number of aromatic amines is 1. The molecule has 1 amide bonds. The van der Waals surface area contributed by atoms with Gasteiger partial charge in [-0.15, -0.1) is 5.10 Å². The third kappa shape index (κ3) is 3.81. The summed E-state index contributed by atoms with van der Waals surface area (Å²) in [7, 11) is 3.24. The highest BCUT2D eigenvalue weighted by atomic mass is 16.5. The molecular weight excluding hydrogens is 324 g/mol. The fourth-order valence-electron chi connectivity index (χ4n) is 2.99. The Morgan fingerprint density at radius 1 is 1.40 bits per heavy atom. The summed E-state index contributed by atoms with van der Waals surface area (Å²) in [5.74, 6) is 0.716. The maximum atomic E-state index is 12.4. The van der Waals surface area contributed by atoms with Crippen LogP contribution in [0.5, 0.6) is 5.88 Å². The van der Waals surface area contributed by atoms with E-state index in [9.17, 15) is 9.59 Å². The zero-order valence-corrected chi connectivity index (χ0v) is 14.6. The number of methoxy groups -OCH3 is 1. The van der Waals surface area contributed by atoms with Crippen molar-refractivity contribution in [2.75, 3.05) is 25.1 Å². The number of anilines is 1. The Bertz CT molecular complexity index is 820. The van der Waals surface area contributed by atoms with Gasteiger partial charge in [-0.25, -0.2) is 4.98 Å². The number of aryl methyl sites for hydroxylation is 2. The zero-order chi connectivity index (χ0) is 18.0. The minimum Gasteiger partial charge on any atom is -0.479 e. The Morgan fingerprint density at radius 3 is 2.76 bits per heavy atom. The smallest absolute Gasteiger partial charge is 0.258 e. The number of piperidine rings is 1. The molecule has 9 heteroatoms. The lowest BCUT2D eigenvalue weighted by atomic mass is 10.0. The lowest BCUT2D eigenvalue weighted by Crippen LogP contribution is -2.45. The molecule has 0 aliphatic carbocycles. The highest BCUT2D eigenvalue weighted by Gasteiger charge is 2.24. The SMILES string of the molecule is COc1nn(C)cc1C(=O)NC1CCN(c2nc(C)cc(=O)[nH]2)CC1. The molecule has 3 heterocycles. The lowest BCUT2D eigenvalue weighted by Gasteiger charge is -2.32. The first-order chi connectivity index (χ1) is 12.0. The average Bonchev–Trinajstić information content (AvgIpc) is 2.96. The van der Waals surface area contributed by atoms with Crippen LogP contribution in [-0.4, -0.2) is 51.9 Å². The zero-order valence-electron chi connectivity index (χ0n) is 14.6. The molecule has 134 valence electrons. The van der Waals surface area contributed by atoms with Crippen LogP contribution in [0.15, 0.2) is 17.1 Å². The van der Waals surface area contributed by atoms with Gasteiger partial charge >= 0.3 is 0 Å². The Balaban J connectivity index is 1.60. The third-order valence-electron chi connectivity index (χ3n) is 4.22. The Hall–Kier alpha value is -2.84. The molecule has 0 radical (unpaired) electrons. The quantitative estimate of drug-likeness (QED) is 0.820. The van der Waals surface area contributed by atoms with Gasteiger partial charge in [0, 0.05) is 44.1 Å². The predicted molar refractivity (Wildman–Crippen MR) is 92.1 cm³/mol.